The number of rotatable bonds is 13. The summed E-state index contributed by atoms with van der Waals surface area (Å²) in [6, 6.07) is 5.66. The van der Waals surface area contributed by atoms with Crippen LogP contribution in [-0.2, 0) is 19.1 Å². The van der Waals surface area contributed by atoms with Crippen LogP contribution in [0.1, 0.15) is 53.9 Å². The minimum Gasteiger partial charge on any atom is -0.444 e. The predicted octanol–water partition coefficient (Wildman–Crippen LogP) is 1.70. The Hall–Kier alpha value is -4.29. The predicted molar refractivity (Wildman–Crippen MR) is 154 cm³/mol. The average Bonchev–Trinajstić information content (AvgIpc) is 3.25. The summed E-state index contributed by atoms with van der Waals surface area (Å²) in [4.78, 5) is 58.0. The highest BCUT2D eigenvalue weighted by Crippen LogP contribution is 2.22. The van der Waals surface area contributed by atoms with Crippen molar-refractivity contribution in [2.75, 3.05) is 18.4 Å². The van der Waals surface area contributed by atoms with Crippen LogP contribution in [0.25, 0.3) is 10.9 Å². The smallest absolute Gasteiger partial charge is 0.408 e. The van der Waals surface area contributed by atoms with Crippen molar-refractivity contribution in [1.29, 1.82) is 0 Å². The van der Waals surface area contributed by atoms with Crippen LogP contribution in [0.4, 0.5) is 10.5 Å². The highest BCUT2D eigenvalue weighted by atomic mass is 16.6. The van der Waals surface area contributed by atoms with E-state index in [1.165, 1.54) is 0 Å². The fourth-order valence-electron chi connectivity index (χ4n) is 3.86. The fraction of sp³-hybridized carbons (Fsp3) is 0.519. The molecular formula is C27H42N8O5. The molecule has 4 amide bonds. The molecule has 0 saturated heterocycles. The van der Waals surface area contributed by atoms with E-state index in [9.17, 15) is 19.2 Å². The number of para-hydroxylation sites is 1. The molecule has 220 valence electrons. The number of fused-ring (bicyclic) bond motifs is 1. The Morgan fingerprint density at radius 2 is 1.73 bits per heavy atom. The molecular weight excluding hydrogens is 516 g/mol. The number of aromatic amines is 1. The van der Waals surface area contributed by atoms with Crippen molar-refractivity contribution in [1.82, 2.24) is 20.9 Å². The number of hydrogen-bond donors (Lipinski definition) is 7. The number of aromatic nitrogens is 1. The molecule has 2 rings (SSSR count). The van der Waals surface area contributed by atoms with Crippen molar-refractivity contribution < 1.29 is 23.9 Å². The van der Waals surface area contributed by atoms with Crippen LogP contribution in [0.3, 0.4) is 0 Å². The number of benzene rings is 1. The van der Waals surface area contributed by atoms with E-state index < -0.39 is 48.0 Å². The van der Waals surface area contributed by atoms with Crippen LogP contribution in [-0.4, -0.2) is 65.5 Å². The zero-order valence-corrected chi connectivity index (χ0v) is 23.8. The second kappa shape index (κ2) is 14.8. The number of ether oxygens (including phenoxy) is 1. The molecule has 0 fully saturated rings. The number of aliphatic imine (C=N–C) groups is 1. The molecule has 0 bridgehead atoms. The lowest BCUT2D eigenvalue weighted by Crippen LogP contribution is -2.52. The van der Waals surface area contributed by atoms with E-state index in [1.807, 2.05) is 38.1 Å². The lowest BCUT2D eigenvalue weighted by Gasteiger charge is -2.24. The molecule has 0 radical (unpaired) electrons. The molecule has 13 nitrogen and oxygen atoms in total. The quantitative estimate of drug-likeness (QED) is 0.110. The lowest BCUT2D eigenvalue weighted by molar-refractivity contribution is -0.129. The first kappa shape index (κ1) is 31.9. The molecule has 1 heterocycles. The van der Waals surface area contributed by atoms with Gasteiger partial charge in [-0.1, -0.05) is 32.0 Å². The Labute approximate surface area is 234 Å². The number of nitrogens with zero attached hydrogens (tertiary/aromatic N) is 1. The Morgan fingerprint density at radius 1 is 1.02 bits per heavy atom. The van der Waals surface area contributed by atoms with Gasteiger partial charge in [-0.2, -0.15) is 0 Å². The zero-order valence-electron chi connectivity index (χ0n) is 23.8. The second-order valence-electron chi connectivity index (χ2n) is 10.9. The summed E-state index contributed by atoms with van der Waals surface area (Å²) in [5, 5.41) is 11.4. The van der Waals surface area contributed by atoms with Crippen LogP contribution in [0.5, 0.6) is 0 Å². The Bertz CT molecular complexity index is 1200. The van der Waals surface area contributed by atoms with Crippen molar-refractivity contribution in [2.45, 2.75) is 71.6 Å². The summed E-state index contributed by atoms with van der Waals surface area (Å²) in [6.45, 7) is 8.85. The molecule has 0 aliphatic carbocycles. The second-order valence-corrected chi connectivity index (χ2v) is 10.9. The van der Waals surface area contributed by atoms with Gasteiger partial charge in [0.05, 0.1) is 12.2 Å². The molecule has 0 aliphatic rings. The minimum absolute atomic E-state index is 0.0671. The first-order valence-electron chi connectivity index (χ1n) is 13.2. The number of carbonyl (C=O) groups is 4. The van der Waals surface area contributed by atoms with Gasteiger partial charge < -0.3 is 42.5 Å². The maximum Gasteiger partial charge on any atom is 0.408 e. The number of alkyl carbamates (subject to hydrolysis) is 1. The first-order valence-corrected chi connectivity index (χ1v) is 13.2. The molecule has 13 heteroatoms. The van der Waals surface area contributed by atoms with Crippen LogP contribution in [0.15, 0.2) is 35.5 Å². The van der Waals surface area contributed by atoms with E-state index in [0.29, 0.717) is 18.5 Å². The summed E-state index contributed by atoms with van der Waals surface area (Å²) >= 11 is 0. The van der Waals surface area contributed by atoms with Gasteiger partial charge in [-0.25, -0.2) is 4.79 Å². The molecule has 1 aromatic heterocycles. The molecule has 0 aliphatic heterocycles. The van der Waals surface area contributed by atoms with Crippen molar-refractivity contribution in [3.8, 4) is 0 Å². The molecule has 0 saturated carbocycles. The normalized spacial score (nSPS) is 12.8. The highest BCUT2D eigenvalue weighted by molar-refractivity contribution is 6.04. The molecule has 2 aromatic rings. The summed E-state index contributed by atoms with van der Waals surface area (Å²) < 4.78 is 5.25. The van der Waals surface area contributed by atoms with Gasteiger partial charge in [-0.05, 0) is 52.0 Å². The SMILES string of the molecule is CC(C)CC(NC(=O)OC(C)(C)C)C(=O)NCC(=O)NC(CCCN=C(N)N)C(=O)Nc1c[nH]c2ccccc12. The number of nitrogens with one attached hydrogen (secondary N) is 5. The van der Waals surface area contributed by atoms with Crippen LogP contribution in [0, 0.1) is 5.92 Å². The van der Waals surface area contributed by atoms with E-state index in [2.05, 4.69) is 31.2 Å². The van der Waals surface area contributed by atoms with Gasteiger partial charge in [0.1, 0.15) is 17.7 Å². The standard InChI is InChI=1S/C27H42N8O5/c1-16(2)13-20(35-26(39)40-27(3,4)5)23(37)32-15-22(36)33-19(11-8-12-30-25(28)29)24(38)34-21-14-31-18-10-7-6-9-17(18)21/h6-7,9-10,14,16,19-20,31H,8,11-13,15H2,1-5H3,(H,32,37)(H,33,36)(H,34,38)(H,35,39)(H4,28,29,30). The Balaban J connectivity index is 2.03. The Kier molecular flexibility index (Phi) is 11.8. The molecule has 1 aromatic carbocycles. The van der Waals surface area contributed by atoms with Gasteiger partial charge in [-0.3, -0.25) is 19.4 Å². The van der Waals surface area contributed by atoms with Crippen LogP contribution < -0.4 is 32.7 Å². The van der Waals surface area contributed by atoms with E-state index in [0.717, 1.165) is 10.9 Å². The van der Waals surface area contributed by atoms with Gasteiger partial charge in [0.2, 0.25) is 17.7 Å². The maximum absolute atomic E-state index is 13.1. The summed E-state index contributed by atoms with van der Waals surface area (Å²) in [7, 11) is 0. The van der Waals surface area contributed by atoms with Crippen LogP contribution in [0.2, 0.25) is 0 Å². The number of amides is 4. The monoisotopic (exact) mass is 558 g/mol. The van der Waals surface area contributed by atoms with Crippen LogP contribution >= 0.6 is 0 Å². The van der Waals surface area contributed by atoms with E-state index in [-0.39, 0.29) is 24.8 Å². The van der Waals surface area contributed by atoms with E-state index in [1.54, 1.807) is 27.0 Å². The van der Waals surface area contributed by atoms with E-state index in [4.69, 9.17) is 16.2 Å². The fourth-order valence-corrected chi connectivity index (χ4v) is 3.86. The van der Waals surface area contributed by atoms with Crippen molar-refractivity contribution in [3.05, 3.63) is 30.5 Å². The topological polar surface area (TPSA) is 206 Å². The number of H-pyrrole nitrogens is 1. The van der Waals surface area contributed by atoms with Crippen molar-refractivity contribution in [3.63, 3.8) is 0 Å². The molecule has 40 heavy (non-hydrogen) atoms. The van der Waals surface area contributed by atoms with Crippen molar-refractivity contribution >= 4 is 46.4 Å². The third-order valence-electron chi connectivity index (χ3n) is 5.58. The van der Waals surface area contributed by atoms with Gasteiger partial charge >= 0.3 is 6.09 Å². The average molecular weight is 559 g/mol. The van der Waals surface area contributed by atoms with E-state index >= 15 is 0 Å². The molecule has 2 unspecified atom stereocenters. The lowest BCUT2D eigenvalue weighted by atomic mass is 10.0. The highest BCUT2D eigenvalue weighted by Gasteiger charge is 2.26. The number of hydrogen-bond acceptors (Lipinski definition) is 6. The minimum atomic E-state index is -0.918. The van der Waals surface area contributed by atoms with Gasteiger partial charge in [0, 0.05) is 23.6 Å². The Morgan fingerprint density at radius 3 is 2.38 bits per heavy atom. The maximum atomic E-state index is 13.1. The molecule has 9 N–H and O–H groups in total. The number of carbonyl (C=O) groups excluding carboxylic acids is 4. The summed E-state index contributed by atoms with van der Waals surface area (Å²) in [6.07, 6.45) is 1.96. The molecule has 0 spiro atoms. The summed E-state index contributed by atoms with van der Waals surface area (Å²) in [5.74, 6) is -1.53. The summed E-state index contributed by atoms with van der Waals surface area (Å²) in [5.41, 5.74) is 11.4. The largest absolute Gasteiger partial charge is 0.444 e. The van der Waals surface area contributed by atoms with Crippen molar-refractivity contribution in [2.24, 2.45) is 22.4 Å². The number of nitrogens with two attached hydrogens (primary N) is 2. The zero-order chi connectivity index (χ0) is 29.9. The number of anilines is 1. The number of guanidine groups is 1. The third-order valence-corrected chi connectivity index (χ3v) is 5.58. The van der Waals surface area contributed by atoms with Gasteiger partial charge in [-0.15, -0.1) is 0 Å². The van der Waals surface area contributed by atoms with Gasteiger partial charge in [0.25, 0.3) is 0 Å². The third kappa shape index (κ3) is 11.2. The van der Waals surface area contributed by atoms with Gasteiger partial charge in [0.15, 0.2) is 5.96 Å². The first-order chi connectivity index (χ1) is 18.7. The molecule has 2 atom stereocenters.